The SMILES string of the molecule is Cc1cc(OCCCc2c3n(c4c(-c5c(C)nn(C)c5C)cccc24)CCCN(Cc2cc(C(=O)O)cc([N+](=O)[O-])c2)C3=O)cc(C)c1Cl. The molecule has 3 aromatic carbocycles. The number of hydrogen-bond donors (Lipinski definition) is 1. The van der Waals surface area contributed by atoms with Crippen molar-refractivity contribution in [3.05, 3.63) is 109 Å². The lowest BCUT2D eigenvalue weighted by atomic mass is 9.98. The van der Waals surface area contributed by atoms with E-state index in [0.717, 1.165) is 66.9 Å². The minimum absolute atomic E-state index is 0.0355. The predicted octanol–water partition coefficient (Wildman–Crippen LogP) is 7.59. The van der Waals surface area contributed by atoms with Crippen LogP contribution < -0.4 is 4.74 Å². The first-order valence-electron chi connectivity index (χ1n) is 16.2. The Balaban J connectivity index is 1.41. The van der Waals surface area contributed by atoms with Gasteiger partial charge in [0, 0.05) is 66.0 Å². The van der Waals surface area contributed by atoms with Crippen LogP contribution in [-0.2, 0) is 26.6 Å². The van der Waals surface area contributed by atoms with Crippen LogP contribution in [0.3, 0.4) is 0 Å². The molecular weight excluding hydrogens is 646 g/mol. The lowest BCUT2D eigenvalue weighted by Gasteiger charge is -2.21. The number of rotatable bonds is 10. The first kappa shape index (κ1) is 33.7. The minimum atomic E-state index is -1.27. The van der Waals surface area contributed by atoms with E-state index in [1.165, 1.54) is 12.1 Å². The number of benzene rings is 3. The molecule has 0 spiro atoms. The fourth-order valence-corrected chi connectivity index (χ4v) is 7.14. The number of aryl methyl sites for hydroxylation is 6. The fourth-order valence-electron chi connectivity index (χ4n) is 7.03. The third-order valence-electron chi connectivity index (χ3n) is 9.32. The number of aromatic nitrogens is 3. The Morgan fingerprint density at radius 3 is 2.47 bits per heavy atom. The molecule has 5 aromatic rings. The molecule has 12 heteroatoms. The van der Waals surface area contributed by atoms with E-state index in [4.69, 9.17) is 16.3 Å². The molecule has 1 aliphatic heterocycles. The van der Waals surface area contributed by atoms with Gasteiger partial charge < -0.3 is 19.3 Å². The third-order valence-corrected chi connectivity index (χ3v) is 9.92. The Labute approximate surface area is 288 Å². The molecule has 1 amide bonds. The van der Waals surface area contributed by atoms with E-state index >= 15 is 0 Å². The van der Waals surface area contributed by atoms with Gasteiger partial charge in [0.25, 0.3) is 11.6 Å². The monoisotopic (exact) mass is 683 g/mol. The van der Waals surface area contributed by atoms with Crippen molar-refractivity contribution in [3.63, 3.8) is 0 Å². The van der Waals surface area contributed by atoms with Crippen molar-refractivity contribution in [2.45, 2.75) is 60.0 Å². The van der Waals surface area contributed by atoms with Gasteiger partial charge in [-0.25, -0.2) is 4.79 Å². The van der Waals surface area contributed by atoms with Gasteiger partial charge in [-0.15, -0.1) is 0 Å². The smallest absolute Gasteiger partial charge is 0.335 e. The molecule has 254 valence electrons. The van der Waals surface area contributed by atoms with Crippen LogP contribution in [0.1, 0.15) is 67.3 Å². The maximum atomic E-state index is 14.6. The molecule has 0 saturated carbocycles. The number of ether oxygens (including phenoxy) is 1. The minimum Gasteiger partial charge on any atom is -0.494 e. The first-order chi connectivity index (χ1) is 23.3. The zero-order valence-corrected chi connectivity index (χ0v) is 28.9. The number of para-hydroxylation sites is 1. The van der Waals surface area contributed by atoms with E-state index < -0.39 is 10.9 Å². The molecule has 1 N–H and O–H groups in total. The average molecular weight is 684 g/mol. The van der Waals surface area contributed by atoms with Crippen molar-refractivity contribution in [1.82, 2.24) is 19.2 Å². The molecule has 0 unspecified atom stereocenters. The highest BCUT2D eigenvalue weighted by molar-refractivity contribution is 6.32. The van der Waals surface area contributed by atoms with Gasteiger partial charge in [-0.2, -0.15) is 5.10 Å². The summed E-state index contributed by atoms with van der Waals surface area (Å²) >= 11 is 6.36. The quantitative estimate of drug-likeness (QED) is 0.0911. The van der Waals surface area contributed by atoms with E-state index in [2.05, 4.69) is 21.8 Å². The average Bonchev–Trinajstić information content (AvgIpc) is 3.45. The van der Waals surface area contributed by atoms with Gasteiger partial charge in [0.2, 0.25) is 0 Å². The van der Waals surface area contributed by atoms with Gasteiger partial charge in [0.1, 0.15) is 11.4 Å². The van der Waals surface area contributed by atoms with Crippen molar-refractivity contribution in [2.75, 3.05) is 13.2 Å². The number of amides is 1. The summed E-state index contributed by atoms with van der Waals surface area (Å²) in [5, 5.41) is 27.6. The van der Waals surface area contributed by atoms with Crippen LogP contribution in [0, 0.1) is 37.8 Å². The number of carbonyl (C=O) groups excluding carboxylic acids is 1. The van der Waals surface area contributed by atoms with E-state index in [1.54, 1.807) is 4.90 Å². The number of non-ortho nitro benzene ring substituents is 1. The van der Waals surface area contributed by atoms with Crippen LogP contribution >= 0.6 is 11.6 Å². The molecule has 0 bridgehead atoms. The number of carboxylic acids is 1. The summed E-state index contributed by atoms with van der Waals surface area (Å²) in [6, 6.07) is 13.8. The van der Waals surface area contributed by atoms with Crippen LogP contribution in [0.25, 0.3) is 22.0 Å². The Morgan fingerprint density at radius 1 is 1.08 bits per heavy atom. The number of halogens is 1. The molecule has 11 nitrogen and oxygen atoms in total. The number of nitro benzene ring substituents is 1. The molecule has 0 saturated heterocycles. The molecule has 49 heavy (non-hydrogen) atoms. The second-order valence-electron chi connectivity index (χ2n) is 12.7. The lowest BCUT2D eigenvalue weighted by molar-refractivity contribution is -0.385. The summed E-state index contributed by atoms with van der Waals surface area (Å²) < 4.78 is 10.1. The van der Waals surface area contributed by atoms with E-state index in [9.17, 15) is 24.8 Å². The van der Waals surface area contributed by atoms with Gasteiger partial charge in [0.05, 0.1) is 28.3 Å². The Bertz CT molecular complexity index is 2090. The topological polar surface area (TPSA) is 133 Å². The summed E-state index contributed by atoms with van der Waals surface area (Å²) in [5.41, 5.74) is 8.14. The Hall–Kier alpha value is -5.16. The number of carbonyl (C=O) groups is 2. The first-order valence-corrected chi connectivity index (χ1v) is 16.6. The van der Waals surface area contributed by atoms with Gasteiger partial charge in [0.15, 0.2) is 0 Å². The zero-order valence-electron chi connectivity index (χ0n) is 28.2. The zero-order chi connectivity index (χ0) is 35.1. The fraction of sp³-hybridized carbons (Fsp3) is 0.324. The number of nitro groups is 1. The number of aromatic carboxylic acids is 1. The summed E-state index contributed by atoms with van der Waals surface area (Å²) in [7, 11) is 1.92. The number of nitrogens with zero attached hydrogens (tertiary/aromatic N) is 5. The number of hydrogen-bond acceptors (Lipinski definition) is 6. The molecule has 0 fully saturated rings. The highest BCUT2D eigenvalue weighted by Gasteiger charge is 2.31. The highest BCUT2D eigenvalue weighted by atomic mass is 35.5. The van der Waals surface area contributed by atoms with E-state index in [-0.39, 0.29) is 23.7 Å². The van der Waals surface area contributed by atoms with Crippen molar-refractivity contribution in [1.29, 1.82) is 0 Å². The number of fused-ring (bicyclic) bond motifs is 3. The Kier molecular flexibility index (Phi) is 9.22. The van der Waals surface area contributed by atoms with Crippen LogP contribution in [0.4, 0.5) is 5.69 Å². The van der Waals surface area contributed by atoms with Crippen molar-refractivity contribution in [2.24, 2.45) is 7.05 Å². The van der Waals surface area contributed by atoms with Crippen LogP contribution in [0.15, 0.2) is 48.5 Å². The molecule has 0 atom stereocenters. The molecule has 6 rings (SSSR count). The Morgan fingerprint density at radius 2 is 1.82 bits per heavy atom. The molecule has 0 aliphatic carbocycles. The van der Waals surface area contributed by atoms with Crippen molar-refractivity contribution >= 4 is 40.1 Å². The van der Waals surface area contributed by atoms with Gasteiger partial charge in [-0.3, -0.25) is 19.6 Å². The van der Waals surface area contributed by atoms with E-state index in [0.29, 0.717) is 50.2 Å². The lowest BCUT2D eigenvalue weighted by Crippen LogP contribution is -2.31. The third kappa shape index (κ3) is 6.38. The van der Waals surface area contributed by atoms with E-state index in [1.807, 2.05) is 57.6 Å². The maximum Gasteiger partial charge on any atom is 0.335 e. The summed E-state index contributed by atoms with van der Waals surface area (Å²) in [5.74, 6) is -0.735. The van der Waals surface area contributed by atoms with Gasteiger partial charge in [-0.1, -0.05) is 29.8 Å². The standard InChI is InChI=1S/C37H38ClN5O6/c1-21-15-28(16-22(2)33(21)38)49-14-7-11-30-29-9-6-10-31(32-23(3)39-40(5)24(32)4)34(29)42-13-8-12-41(36(44)35(30)42)20-25-17-26(37(45)46)19-27(18-25)43(47)48/h6,9-10,15-19H,7-8,11-14,20H2,1-5H3,(H,45,46). The molecule has 1 aliphatic rings. The molecular formula is C37H38ClN5O6. The normalized spacial score (nSPS) is 13.1. The molecule has 0 radical (unpaired) electrons. The summed E-state index contributed by atoms with van der Waals surface area (Å²) in [6.45, 7) is 9.36. The van der Waals surface area contributed by atoms with Crippen molar-refractivity contribution < 1.29 is 24.4 Å². The maximum absolute atomic E-state index is 14.6. The largest absolute Gasteiger partial charge is 0.494 e. The predicted molar refractivity (Wildman–Crippen MR) is 188 cm³/mol. The summed E-state index contributed by atoms with van der Waals surface area (Å²) in [6.07, 6.45) is 1.85. The summed E-state index contributed by atoms with van der Waals surface area (Å²) in [4.78, 5) is 39.1. The van der Waals surface area contributed by atoms with Crippen LogP contribution in [0.2, 0.25) is 5.02 Å². The molecule has 2 aromatic heterocycles. The van der Waals surface area contributed by atoms with Gasteiger partial charge >= 0.3 is 5.97 Å². The number of carboxylic acid groups (broad SMARTS) is 1. The van der Waals surface area contributed by atoms with Crippen LogP contribution in [0.5, 0.6) is 5.75 Å². The second-order valence-corrected chi connectivity index (χ2v) is 13.1. The second kappa shape index (κ2) is 13.4. The molecule has 3 heterocycles. The highest BCUT2D eigenvalue weighted by Crippen LogP contribution is 2.39. The van der Waals surface area contributed by atoms with Crippen molar-refractivity contribution in [3.8, 4) is 16.9 Å². The van der Waals surface area contributed by atoms with Gasteiger partial charge in [-0.05, 0) is 87.4 Å². The van der Waals surface area contributed by atoms with Crippen LogP contribution in [-0.4, -0.2) is 54.3 Å².